The van der Waals surface area contributed by atoms with Crippen molar-refractivity contribution in [2.75, 3.05) is 13.7 Å². The molecule has 0 saturated heterocycles. The molecular formula is C33H31NO5. The van der Waals surface area contributed by atoms with Crippen molar-refractivity contribution in [2.24, 2.45) is 0 Å². The lowest BCUT2D eigenvalue weighted by molar-refractivity contribution is -0.142. The number of amides is 1. The molecule has 0 radical (unpaired) electrons. The molecule has 4 aromatic rings. The second kappa shape index (κ2) is 14.2. The molecule has 0 aliphatic rings. The second-order valence-electron chi connectivity index (χ2n) is 8.82. The van der Waals surface area contributed by atoms with E-state index in [1.54, 1.807) is 24.3 Å². The van der Waals surface area contributed by atoms with Crippen LogP contribution in [0, 0.1) is 0 Å². The maximum absolute atomic E-state index is 12.9. The Bertz CT molecular complexity index is 1350. The van der Waals surface area contributed by atoms with Gasteiger partial charge < -0.3 is 19.5 Å². The fraction of sp³-hybridized carbons (Fsp3) is 0.152. The topological polar surface area (TPSA) is 73.9 Å². The summed E-state index contributed by atoms with van der Waals surface area (Å²) in [5.74, 6) is 0.476. The van der Waals surface area contributed by atoms with Gasteiger partial charge in [0.05, 0.1) is 7.11 Å². The first-order valence-corrected chi connectivity index (χ1v) is 12.7. The lowest BCUT2D eigenvalue weighted by atomic mass is 10.0. The summed E-state index contributed by atoms with van der Waals surface area (Å²) in [5.41, 5.74) is 3.46. The van der Waals surface area contributed by atoms with Crippen molar-refractivity contribution < 1.29 is 23.8 Å². The first-order valence-electron chi connectivity index (χ1n) is 12.7. The zero-order valence-electron chi connectivity index (χ0n) is 21.8. The normalized spacial score (nSPS) is 11.5. The van der Waals surface area contributed by atoms with E-state index in [9.17, 15) is 9.59 Å². The van der Waals surface area contributed by atoms with Gasteiger partial charge in [-0.2, -0.15) is 0 Å². The van der Waals surface area contributed by atoms with Gasteiger partial charge in [-0.05, 0) is 59.2 Å². The number of esters is 1. The van der Waals surface area contributed by atoms with Crippen molar-refractivity contribution in [3.8, 4) is 11.5 Å². The van der Waals surface area contributed by atoms with E-state index in [4.69, 9.17) is 14.2 Å². The van der Waals surface area contributed by atoms with Gasteiger partial charge in [0, 0.05) is 12.0 Å². The molecule has 0 aliphatic heterocycles. The molecular weight excluding hydrogens is 490 g/mol. The van der Waals surface area contributed by atoms with Gasteiger partial charge in [-0.3, -0.25) is 4.79 Å². The lowest BCUT2D eigenvalue weighted by Crippen LogP contribution is -2.43. The molecule has 1 N–H and O–H groups in total. The van der Waals surface area contributed by atoms with Gasteiger partial charge in [-0.15, -0.1) is 0 Å². The summed E-state index contributed by atoms with van der Waals surface area (Å²) in [4.78, 5) is 25.3. The summed E-state index contributed by atoms with van der Waals surface area (Å²) < 4.78 is 16.5. The van der Waals surface area contributed by atoms with Crippen LogP contribution < -0.4 is 14.8 Å². The quantitative estimate of drug-likeness (QED) is 0.236. The summed E-state index contributed by atoms with van der Waals surface area (Å²) in [6.07, 6.45) is 4.20. The van der Waals surface area contributed by atoms with E-state index < -0.39 is 12.0 Å². The van der Waals surface area contributed by atoms with Crippen LogP contribution in [0.2, 0.25) is 0 Å². The van der Waals surface area contributed by atoms with Crippen LogP contribution in [0.5, 0.6) is 11.5 Å². The van der Waals surface area contributed by atoms with Crippen molar-refractivity contribution in [1.82, 2.24) is 5.32 Å². The van der Waals surface area contributed by atoms with Crippen LogP contribution in [0.4, 0.5) is 0 Å². The smallest absolute Gasteiger partial charge is 0.328 e. The Balaban J connectivity index is 1.29. The number of nitrogens with one attached hydrogen (secondary N) is 1. The van der Waals surface area contributed by atoms with Crippen LogP contribution in [-0.4, -0.2) is 31.6 Å². The molecule has 0 saturated carbocycles. The molecule has 39 heavy (non-hydrogen) atoms. The molecule has 0 fully saturated rings. The van der Waals surface area contributed by atoms with Crippen molar-refractivity contribution in [3.05, 3.63) is 138 Å². The predicted molar refractivity (Wildman–Crippen MR) is 152 cm³/mol. The fourth-order valence-electron chi connectivity index (χ4n) is 3.87. The molecule has 6 nitrogen and oxygen atoms in total. The molecule has 0 bridgehead atoms. The van der Waals surface area contributed by atoms with Crippen LogP contribution >= 0.6 is 0 Å². The van der Waals surface area contributed by atoms with Gasteiger partial charge in [-0.1, -0.05) is 78.9 Å². The minimum absolute atomic E-state index is 0.284. The van der Waals surface area contributed by atoms with Crippen LogP contribution in [0.1, 0.15) is 27.0 Å². The summed E-state index contributed by atoms with van der Waals surface area (Å²) in [5, 5.41) is 2.79. The van der Waals surface area contributed by atoms with E-state index in [2.05, 4.69) is 5.32 Å². The molecule has 0 heterocycles. The number of methoxy groups -OCH3 is 1. The van der Waals surface area contributed by atoms with Crippen molar-refractivity contribution >= 4 is 18.0 Å². The molecule has 4 rings (SSSR count). The predicted octanol–water partition coefficient (Wildman–Crippen LogP) is 5.87. The standard InChI is InChI=1S/C33H31NO5/c1-37-33(36)31(23-26-14-18-30(19-15-26)39-24-27-11-6-3-7-12-27)34-32(35)28-16-20-29(21-17-28)38-22-8-13-25-9-4-2-5-10-25/h2-21,31H,22-24H2,1H3,(H,34,35). The number of hydrogen-bond acceptors (Lipinski definition) is 5. The molecule has 198 valence electrons. The fourth-order valence-corrected chi connectivity index (χ4v) is 3.87. The number of carbonyl (C=O) groups excluding carboxylic acids is 2. The van der Waals surface area contributed by atoms with E-state index in [0.29, 0.717) is 24.5 Å². The Labute approximate surface area is 228 Å². The molecule has 1 unspecified atom stereocenters. The molecule has 0 spiro atoms. The highest BCUT2D eigenvalue weighted by Gasteiger charge is 2.22. The van der Waals surface area contributed by atoms with Gasteiger partial charge in [0.2, 0.25) is 0 Å². The first kappa shape index (κ1) is 27.2. The van der Waals surface area contributed by atoms with Crippen LogP contribution in [0.25, 0.3) is 6.08 Å². The Morgan fingerprint density at radius 2 is 1.36 bits per heavy atom. The Morgan fingerprint density at radius 3 is 2.03 bits per heavy atom. The lowest BCUT2D eigenvalue weighted by Gasteiger charge is -2.17. The van der Waals surface area contributed by atoms with Gasteiger partial charge in [0.25, 0.3) is 5.91 Å². The average molecular weight is 522 g/mol. The van der Waals surface area contributed by atoms with Gasteiger partial charge in [0.15, 0.2) is 0 Å². The maximum atomic E-state index is 12.9. The van der Waals surface area contributed by atoms with Gasteiger partial charge in [-0.25, -0.2) is 4.79 Å². The molecule has 0 aromatic heterocycles. The number of carbonyl (C=O) groups is 2. The summed E-state index contributed by atoms with van der Waals surface area (Å²) in [7, 11) is 1.31. The molecule has 4 aromatic carbocycles. The second-order valence-corrected chi connectivity index (χ2v) is 8.82. The Morgan fingerprint density at radius 1 is 0.744 bits per heavy atom. The maximum Gasteiger partial charge on any atom is 0.328 e. The van der Waals surface area contributed by atoms with E-state index in [1.807, 2.05) is 97.1 Å². The van der Waals surface area contributed by atoms with Crippen LogP contribution in [0.15, 0.2) is 115 Å². The van der Waals surface area contributed by atoms with Gasteiger partial charge >= 0.3 is 5.97 Å². The van der Waals surface area contributed by atoms with E-state index in [-0.39, 0.29) is 12.3 Å². The van der Waals surface area contributed by atoms with E-state index in [1.165, 1.54) is 7.11 Å². The Kier molecular flexibility index (Phi) is 9.90. The number of benzene rings is 4. The van der Waals surface area contributed by atoms with Crippen molar-refractivity contribution in [1.29, 1.82) is 0 Å². The highest BCUT2D eigenvalue weighted by molar-refractivity contribution is 5.96. The third-order valence-electron chi connectivity index (χ3n) is 5.98. The monoisotopic (exact) mass is 521 g/mol. The SMILES string of the molecule is COC(=O)C(Cc1ccc(OCc2ccccc2)cc1)NC(=O)c1ccc(OCC=Cc2ccccc2)cc1. The van der Waals surface area contributed by atoms with Crippen molar-refractivity contribution in [2.45, 2.75) is 19.1 Å². The zero-order valence-corrected chi connectivity index (χ0v) is 21.8. The molecule has 1 atom stereocenters. The minimum Gasteiger partial charge on any atom is -0.490 e. The zero-order chi connectivity index (χ0) is 27.3. The van der Waals surface area contributed by atoms with E-state index in [0.717, 1.165) is 22.4 Å². The Hall–Kier alpha value is -4.84. The minimum atomic E-state index is -0.836. The number of hydrogen-bond donors (Lipinski definition) is 1. The summed E-state index contributed by atoms with van der Waals surface area (Å²) >= 11 is 0. The largest absolute Gasteiger partial charge is 0.490 e. The van der Waals surface area contributed by atoms with Gasteiger partial charge in [0.1, 0.15) is 30.8 Å². The third-order valence-corrected chi connectivity index (χ3v) is 5.98. The number of ether oxygens (including phenoxy) is 3. The van der Waals surface area contributed by atoms with Crippen LogP contribution in [0.3, 0.4) is 0 Å². The highest BCUT2D eigenvalue weighted by atomic mass is 16.5. The third kappa shape index (κ3) is 8.61. The van der Waals surface area contributed by atoms with Crippen molar-refractivity contribution in [3.63, 3.8) is 0 Å². The molecule has 0 aliphatic carbocycles. The number of rotatable bonds is 12. The van der Waals surface area contributed by atoms with Crippen LogP contribution in [-0.2, 0) is 22.6 Å². The average Bonchev–Trinajstić information content (AvgIpc) is 2.99. The molecule has 1 amide bonds. The summed E-state index contributed by atoms with van der Waals surface area (Å²) in [6, 6.07) is 33.3. The molecule has 6 heteroatoms. The highest BCUT2D eigenvalue weighted by Crippen LogP contribution is 2.17. The van der Waals surface area contributed by atoms with E-state index >= 15 is 0 Å². The first-order chi connectivity index (χ1) is 19.1. The summed E-state index contributed by atoms with van der Waals surface area (Å²) in [6.45, 7) is 0.871.